The van der Waals surface area contributed by atoms with Gasteiger partial charge in [0.1, 0.15) is 17.1 Å². The summed E-state index contributed by atoms with van der Waals surface area (Å²) >= 11 is 0. The monoisotopic (exact) mass is 455 g/mol. The van der Waals surface area contributed by atoms with Gasteiger partial charge in [0.25, 0.3) is 0 Å². The highest BCUT2D eigenvalue weighted by Crippen LogP contribution is 2.27. The molecular formula is C29H33N3O2. The first-order valence-electron chi connectivity index (χ1n) is 12.2. The van der Waals surface area contributed by atoms with Gasteiger partial charge in [-0.05, 0) is 54.4 Å². The molecule has 0 spiro atoms. The van der Waals surface area contributed by atoms with E-state index in [1.54, 1.807) is 0 Å². The zero-order valence-corrected chi connectivity index (χ0v) is 19.9. The molecule has 1 saturated carbocycles. The molecule has 0 bridgehead atoms. The Morgan fingerprint density at radius 3 is 2.62 bits per heavy atom. The third kappa shape index (κ3) is 6.44. The summed E-state index contributed by atoms with van der Waals surface area (Å²) in [7, 11) is 0. The van der Waals surface area contributed by atoms with E-state index < -0.39 is 0 Å². The van der Waals surface area contributed by atoms with Crippen molar-refractivity contribution < 1.29 is 9.84 Å². The molecule has 0 amide bonds. The molecule has 1 fully saturated rings. The van der Waals surface area contributed by atoms with E-state index in [0.29, 0.717) is 31.3 Å². The Kier molecular flexibility index (Phi) is 8.67. The largest absolute Gasteiger partial charge is 0.491 e. The highest BCUT2D eigenvalue weighted by atomic mass is 16.5. The van der Waals surface area contributed by atoms with E-state index in [1.807, 2.05) is 24.3 Å². The normalized spacial score (nSPS) is 13.8. The molecule has 2 N–H and O–H groups in total. The highest BCUT2D eigenvalue weighted by molar-refractivity contribution is 5.70. The number of nitrogens with one attached hydrogen (secondary N) is 1. The Bertz CT molecular complexity index is 1130. The van der Waals surface area contributed by atoms with Crippen LogP contribution in [0.5, 0.6) is 5.75 Å². The Morgan fingerprint density at radius 2 is 1.82 bits per heavy atom. The molecule has 1 heterocycles. The summed E-state index contributed by atoms with van der Waals surface area (Å²) in [6.07, 6.45) is 6.34. The maximum absolute atomic E-state index is 9.08. The molecule has 5 nitrogen and oxygen atoms in total. The zero-order valence-electron chi connectivity index (χ0n) is 19.9. The lowest BCUT2D eigenvalue weighted by Gasteiger charge is -2.22. The first kappa shape index (κ1) is 23.9. The number of nitrogens with zero attached hydrogens (tertiary/aromatic N) is 2. The average Bonchev–Trinajstić information content (AvgIpc) is 2.89. The van der Waals surface area contributed by atoms with Crippen LogP contribution in [-0.4, -0.2) is 35.1 Å². The SMILES string of the molecule is Cc1c(C#Cc2cc(OCC3CCCCC3)c(CNCCO)nn2)cccc1-c1ccccc1. The molecule has 0 aliphatic heterocycles. The Labute approximate surface area is 202 Å². The number of rotatable bonds is 8. The molecule has 2 aromatic carbocycles. The van der Waals surface area contributed by atoms with Crippen LogP contribution in [-0.2, 0) is 6.54 Å². The highest BCUT2D eigenvalue weighted by Gasteiger charge is 2.16. The predicted molar refractivity (Wildman–Crippen MR) is 135 cm³/mol. The second kappa shape index (κ2) is 12.3. The average molecular weight is 456 g/mol. The summed E-state index contributed by atoms with van der Waals surface area (Å²) < 4.78 is 6.23. The fourth-order valence-corrected chi connectivity index (χ4v) is 4.39. The molecule has 1 aromatic heterocycles. The van der Waals surface area contributed by atoms with Crippen LogP contribution in [0.25, 0.3) is 11.1 Å². The molecule has 34 heavy (non-hydrogen) atoms. The summed E-state index contributed by atoms with van der Waals surface area (Å²) in [5, 5.41) is 21.0. The van der Waals surface area contributed by atoms with Crippen molar-refractivity contribution in [1.82, 2.24) is 15.5 Å². The van der Waals surface area contributed by atoms with Crippen LogP contribution in [0.1, 0.15) is 54.6 Å². The van der Waals surface area contributed by atoms with Gasteiger partial charge in [0.2, 0.25) is 0 Å². The van der Waals surface area contributed by atoms with Gasteiger partial charge >= 0.3 is 0 Å². The van der Waals surface area contributed by atoms with Gasteiger partial charge in [-0.1, -0.05) is 67.6 Å². The van der Waals surface area contributed by atoms with E-state index >= 15 is 0 Å². The Hall–Kier alpha value is -3.20. The number of aliphatic hydroxyl groups excluding tert-OH is 1. The molecule has 0 saturated heterocycles. The maximum atomic E-state index is 9.08. The lowest BCUT2D eigenvalue weighted by atomic mass is 9.90. The number of aliphatic hydroxyl groups is 1. The molecule has 176 valence electrons. The van der Waals surface area contributed by atoms with Gasteiger partial charge in [0.05, 0.1) is 13.2 Å². The van der Waals surface area contributed by atoms with E-state index in [2.05, 4.69) is 64.6 Å². The van der Waals surface area contributed by atoms with Crippen molar-refractivity contribution in [2.24, 2.45) is 5.92 Å². The minimum absolute atomic E-state index is 0.0800. The lowest BCUT2D eigenvalue weighted by molar-refractivity contribution is 0.205. The molecule has 1 aliphatic rings. The summed E-state index contributed by atoms with van der Waals surface area (Å²) in [5.41, 5.74) is 5.82. The van der Waals surface area contributed by atoms with Gasteiger partial charge in [-0.2, -0.15) is 0 Å². The number of hydrogen-bond acceptors (Lipinski definition) is 5. The van der Waals surface area contributed by atoms with E-state index in [9.17, 15) is 0 Å². The number of aromatic nitrogens is 2. The maximum Gasteiger partial charge on any atom is 0.146 e. The fraction of sp³-hybridized carbons (Fsp3) is 0.379. The van der Waals surface area contributed by atoms with Crippen LogP contribution >= 0.6 is 0 Å². The van der Waals surface area contributed by atoms with Gasteiger partial charge in [0.15, 0.2) is 0 Å². The van der Waals surface area contributed by atoms with Gasteiger partial charge in [-0.25, -0.2) is 0 Å². The zero-order chi connectivity index (χ0) is 23.6. The van der Waals surface area contributed by atoms with Crippen LogP contribution in [0.15, 0.2) is 54.6 Å². The molecule has 5 heteroatoms. The van der Waals surface area contributed by atoms with E-state index in [4.69, 9.17) is 9.84 Å². The third-order valence-corrected chi connectivity index (χ3v) is 6.35. The topological polar surface area (TPSA) is 67.3 Å². The van der Waals surface area contributed by atoms with Crippen LogP contribution in [0.3, 0.4) is 0 Å². The Balaban J connectivity index is 1.55. The first-order valence-corrected chi connectivity index (χ1v) is 12.2. The second-order valence-corrected chi connectivity index (χ2v) is 8.85. The van der Waals surface area contributed by atoms with E-state index in [1.165, 1.54) is 43.2 Å². The van der Waals surface area contributed by atoms with E-state index in [0.717, 1.165) is 22.6 Å². The Morgan fingerprint density at radius 1 is 1.00 bits per heavy atom. The standard InChI is InChI=1S/C29H33N3O2/c1-22-24(13-8-14-27(22)25-11-6-3-7-12-25)15-16-26-19-29(28(32-31-26)20-30-17-18-33)34-21-23-9-4-2-5-10-23/h3,6-8,11-14,19,23,30,33H,2,4-5,9-10,17-18,20-21H2,1H3. The van der Waals surface area contributed by atoms with Crippen LogP contribution < -0.4 is 10.1 Å². The molecule has 3 aromatic rings. The summed E-state index contributed by atoms with van der Waals surface area (Å²) in [5.74, 6) is 7.80. The quantitative estimate of drug-likeness (QED) is 0.374. The van der Waals surface area contributed by atoms with E-state index in [-0.39, 0.29) is 6.61 Å². The van der Waals surface area contributed by atoms with Gasteiger partial charge in [-0.15, -0.1) is 10.2 Å². The molecular weight excluding hydrogens is 422 g/mol. The molecule has 1 aliphatic carbocycles. The molecule has 0 atom stereocenters. The van der Waals surface area contributed by atoms with Gasteiger partial charge < -0.3 is 15.2 Å². The van der Waals surface area contributed by atoms with Crippen molar-refractivity contribution in [3.05, 3.63) is 77.1 Å². The minimum atomic E-state index is 0.0800. The molecule has 4 rings (SSSR count). The van der Waals surface area contributed by atoms with Crippen molar-refractivity contribution in [3.63, 3.8) is 0 Å². The van der Waals surface area contributed by atoms with Gasteiger partial charge in [-0.3, -0.25) is 0 Å². The smallest absolute Gasteiger partial charge is 0.146 e. The third-order valence-electron chi connectivity index (χ3n) is 6.35. The summed E-state index contributed by atoms with van der Waals surface area (Å²) in [6.45, 7) is 3.88. The summed E-state index contributed by atoms with van der Waals surface area (Å²) in [6, 6.07) is 18.5. The fourth-order valence-electron chi connectivity index (χ4n) is 4.39. The van der Waals surface area contributed by atoms with Gasteiger partial charge in [0, 0.05) is 24.7 Å². The molecule has 0 radical (unpaired) electrons. The number of hydrogen-bond donors (Lipinski definition) is 2. The first-order chi connectivity index (χ1) is 16.7. The second-order valence-electron chi connectivity index (χ2n) is 8.85. The summed E-state index contributed by atoms with van der Waals surface area (Å²) in [4.78, 5) is 0. The number of ether oxygens (including phenoxy) is 1. The van der Waals surface area contributed by atoms with Crippen LogP contribution in [0, 0.1) is 24.7 Å². The van der Waals surface area contributed by atoms with Crippen LogP contribution in [0.4, 0.5) is 0 Å². The van der Waals surface area contributed by atoms with Crippen molar-refractivity contribution in [3.8, 4) is 28.7 Å². The molecule has 0 unspecified atom stereocenters. The predicted octanol–water partition coefficient (Wildman–Crippen LogP) is 4.89. The van der Waals surface area contributed by atoms with Crippen molar-refractivity contribution in [2.45, 2.75) is 45.6 Å². The van der Waals surface area contributed by atoms with Crippen molar-refractivity contribution in [1.29, 1.82) is 0 Å². The van der Waals surface area contributed by atoms with Crippen LogP contribution in [0.2, 0.25) is 0 Å². The van der Waals surface area contributed by atoms with Crippen molar-refractivity contribution >= 4 is 0 Å². The minimum Gasteiger partial charge on any atom is -0.491 e. The lowest BCUT2D eigenvalue weighted by Crippen LogP contribution is -2.21. The number of benzene rings is 2. The van der Waals surface area contributed by atoms with Crippen molar-refractivity contribution in [2.75, 3.05) is 19.8 Å².